The molecule has 0 unspecified atom stereocenters. The minimum absolute atomic E-state index is 0.160. The van der Waals surface area contributed by atoms with Crippen molar-refractivity contribution in [3.8, 4) is 0 Å². The van der Waals surface area contributed by atoms with Crippen LogP contribution in [0.15, 0.2) is 0 Å². The molecule has 0 aromatic rings. The van der Waals surface area contributed by atoms with Gasteiger partial charge in [-0.2, -0.15) is 0 Å². The Bertz CT molecular complexity index is 268. The van der Waals surface area contributed by atoms with Crippen molar-refractivity contribution < 1.29 is 19.4 Å². The van der Waals surface area contributed by atoms with Crippen LogP contribution in [0.25, 0.3) is 0 Å². The van der Waals surface area contributed by atoms with Gasteiger partial charge < -0.3 is 20.1 Å². The minimum Gasteiger partial charge on any atom is -0.465 e. The van der Waals surface area contributed by atoms with Crippen molar-refractivity contribution >= 4 is 12.2 Å². The quantitative estimate of drug-likeness (QED) is 0.587. The molecule has 0 radical (unpaired) electrons. The van der Waals surface area contributed by atoms with E-state index in [0.29, 0.717) is 13.1 Å². The molecule has 78 valence electrons. The summed E-state index contributed by atoms with van der Waals surface area (Å²) in [5.41, 5.74) is 0. The Balaban J connectivity index is 2.05. The van der Waals surface area contributed by atoms with Crippen molar-refractivity contribution in [2.24, 2.45) is 0 Å². The summed E-state index contributed by atoms with van der Waals surface area (Å²) in [6.45, 7) is 0.841. The van der Waals surface area contributed by atoms with Crippen LogP contribution in [0.3, 0.4) is 0 Å². The molecule has 2 heterocycles. The second-order valence-electron chi connectivity index (χ2n) is 3.57. The molecule has 2 fully saturated rings. The molecule has 2 N–H and O–H groups in total. The summed E-state index contributed by atoms with van der Waals surface area (Å²) in [6, 6.07) is -0.180. The van der Waals surface area contributed by atoms with Crippen LogP contribution >= 0.6 is 0 Å². The molecule has 0 bridgehead atoms. The van der Waals surface area contributed by atoms with Gasteiger partial charge in [-0.1, -0.05) is 0 Å². The van der Waals surface area contributed by atoms with Gasteiger partial charge in [0.2, 0.25) is 0 Å². The highest BCUT2D eigenvalue weighted by Crippen LogP contribution is 2.19. The van der Waals surface area contributed by atoms with Crippen molar-refractivity contribution in [1.29, 1.82) is 0 Å². The van der Waals surface area contributed by atoms with E-state index in [9.17, 15) is 9.59 Å². The first kappa shape index (κ1) is 9.11. The molecular formula is C8H12N2O4. The zero-order chi connectivity index (χ0) is 10.1. The number of carbonyl (C=O) groups excluding carboxylic acids is 1. The highest BCUT2D eigenvalue weighted by molar-refractivity contribution is 5.71. The molecule has 2 amide bonds. The lowest BCUT2D eigenvalue weighted by molar-refractivity contribution is 0.126. The van der Waals surface area contributed by atoms with Crippen LogP contribution < -0.4 is 5.32 Å². The van der Waals surface area contributed by atoms with E-state index in [1.165, 1.54) is 4.90 Å². The third-order valence-electron chi connectivity index (χ3n) is 2.61. The number of likely N-dealkylation sites (tertiary alicyclic amines) is 1. The maximum atomic E-state index is 10.9. The van der Waals surface area contributed by atoms with Crippen molar-refractivity contribution in [1.82, 2.24) is 10.2 Å². The molecule has 2 aliphatic rings. The Hall–Kier alpha value is -1.46. The number of hydrogen-bond acceptors (Lipinski definition) is 3. The van der Waals surface area contributed by atoms with E-state index in [1.54, 1.807) is 0 Å². The number of rotatable bonds is 0. The van der Waals surface area contributed by atoms with E-state index in [2.05, 4.69) is 5.32 Å². The third-order valence-corrected chi connectivity index (χ3v) is 2.61. The molecule has 2 aliphatic heterocycles. The SMILES string of the molecule is O=C1N[C@H]2CN(C(=O)O)CCC[C@H]2O1. The zero-order valence-corrected chi connectivity index (χ0v) is 7.60. The van der Waals surface area contributed by atoms with E-state index in [4.69, 9.17) is 9.84 Å². The number of ether oxygens (including phenoxy) is 1. The van der Waals surface area contributed by atoms with Gasteiger partial charge >= 0.3 is 12.2 Å². The van der Waals surface area contributed by atoms with Gasteiger partial charge in [0.1, 0.15) is 6.10 Å². The Labute approximate surface area is 80.8 Å². The van der Waals surface area contributed by atoms with E-state index in [-0.39, 0.29) is 12.1 Å². The fourth-order valence-electron chi connectivity index (χ4n) is 1.91. The summed E-state index contributed by atoms with van der Waals surface area (Å²) in [4.78, 5) is 23.0. The van der Waals surface area contributed by atoms with Crippen molar-refractivity contribution in [3.63, 3.8) is 0 Å². The molecule has 6 heteroatoms. The molecule has 2 rings (SSSR count). The van der Waals surface area contributed by atoms with Gasteiger partial charge in [0, 0.05) is 13.1 Å². The maximum absolute atomic E-state index is 10.9. The second-order valence-corrected chi connectivity index (χ2v) is 3.57. The van der Waals surface area contributed by atoms with Crippen LogP contribution in [-0.2, 0) is 4.74 Å². The lowest BCUT2D eigenvalue weighted by Gasteiger charge is -2.19. The van der Waals surface area contributed by atoms with E-state index >= 15 is 0 Å². The standard InChI is InChI=1S/C8H12N2O4/c11-7-9-5-4-10(8(12)13)3-1-2-6(5)14-7/h5-6H,1-4H2,(H,9,11)(H,12,13)/t5-,6+/m0/s1. The summed E-state index contributed by atoms with van der Waals surface area (Å²) in [6.07, 6.45) is -0.0683. The van der Waals surface area contributed by atoms with Crippen LogP contribution in [0.2, 0.25) is 0 Å². The van der Waals surface area contributed by atoms with Gasteiger partial charge in [-0.15, -0.1) is 0 Å². The number of nitrogens with zero attached hydrogens (tertiary/aromatic N) is 1. The van der Waals surface area contributed by atoms with Gasteiger partial charge in [0.05, 0.1) is 6.04 Å². The van der Waals surface area contributed by atoms with Crippen LogP contribution in [0, 0.1) is 0 Å². The summed E-state index contributed by atoms with van der Waals surface area (Å²) < 4.78 is 5.00. The Morgan fingerprint density at radius 3 is 3.14 bits per heavy atom. The van der Waals surface area contributed by atoms with Crippen molar-refractivity contribution in [2.75, 3.05) is 13.1 Å². The first-order valence-electron chi connectivity index (χ1n) is 4.62. The van der Waals surface area contributed by atoms with E-state index in [0.717, 1.165) is 12.8 Å². The molecule has 0 saturated carbocycles. The fourth-order valence-corrected chi connectivity index (χ4v) is 1.91. The lowest BCUT2D eigenvalue weighted by Crippen LogP contribution is -2.43. The van der Waals surface area contributed by atoms with Gasteiger partial charge in [0.15, 0.2) is 0 Å². The van der Waals surface area contributed by atoms with E-state index in [1.807, 2.05) is 0 Å². The predicted molar refractivity (Wildman–Crippen MR) is 46.0 cm³/mol. The summed E-state index contributed by atoms with van der Waals surface area (Å²) in [7, 11) is 0. The van der Waals surface area contributed by atoms with Gasteiger partial charge in [-0.05, 0) is 12.8 Å². The smallest absolute Gasteiger partial charge is 0.407 e. The average molecular weight is 200 g/mol. The number of amides is 2. The first-order chi connectivity index (χ1) is 6.66. The maximum Gasteiger partial charge on any atom is 0.407 e. The molecular weight excluding hydrogens is 188 g/mol. The van der Waals surface area contributed by atoms with Crippen LogP contribution in [0.5, 0.6) is 0 Å². The second kappa shape index (κ2) is 3.36. The number of nitrogens with one attached hydrogen (secondary N) is 1. The molecule has 0 aromatic carbocycles. The van der Waals surface area contributed by atoms with E-state index < -0.39 is 12.2 Å². The largest absolute Gasteiger partial charge is 0.465 e. The Kier molecular flexibility index (Phi) is 2.18. The Morgan fingerprint density at radius 2 is 2.43 bits per heavy atom. The summed E-state index contributed by atoms with van der Waals surface area (Å²) in [5, 5.41) is 11.4. The molecule has 0 aliphatic carbocycles. The molecule has 6 nitrogen and oxygen atoms in total. The lowest BCUT2D eigenvalue weighted by atomic mass is 10.1. The highest BCUT2D eigenvalue weighted by atomic mass is 16.6. The molecule has 0 spiro atoms. The highest BCUT2D eigenvalue weighted by Gasteiger charge is 2.37. The zero-order valence-electron chi connectivity index (χ0n) is 7.60. The predicted octanol–water partition coefficient (Wildman–Crippen LogP) is 0.237. The normalized spacial score (nSPS) is 31.4. The van der Waals surface area contributed by atoms with Gasteiger partial charge in [0.25, 0.3) is 0 Å². The topological polar surface area (TPSA) is 78.9 Å². The van der Waals surface area contributed by atoms with Crippen molar-refractivity contribution in [3.05, 3.63) is 0 Å². The van der Waals surface area contributed by atoms with Gasteiger partial charge in [-0.3, -0.25) is 0 Å². The van der Waals surface area contributed by atoms with Gasteiger partial charge in [-0.25, -0.2) is 9.59 Å². The number of carboxylic acid groups (broad SMARTS) is 1. The minimum atomic E-state index is -0.938. The average Bonchev–Trinajstić information content (AvgIpc) is 2.32. The number of carbonyl (C=O) groups is 2. The molecule has 14 heavy (non-hydrogen) atoms. The fraction of sp³-hybridized carbons (Fsp3) is 0.750. The molecule has 2 saturated heterocycles. The van der Waals surface area contributed by atoms with Crippen LogP contribution in [0.4, 0.5) is 9.59 Å². The Morgan fingerprint density at radius 1 is 1.64 bits per heavy atom. The van der Waals surface area contributed by atoms with Crippen LogP contribution in [0.1, 0.15) is 12.8 Å². The number of alkyl carbamates (subject to hydrolysis) is 1. The monoisotopic (exact) mass is 200 g/mol. The number of hydrogen-bond donors (Lipinski definition) is 2. The summed E-state index contributed by atoms with van der Waals surface area (Å²) in [5.74, 6) is 0. The summed E-state index contributed by atoms with van der Waals surface area (Å²) >= 11 is 0. The van der Waals surface area contributed by atoms with Crippen molar-refractivity contribution in [2.45, 2.75) is 25.0 Å². The third kappa shape index (κ3) is 1.59. The molecule has 0 aromatic heterocycles. The van der Waals surface area contributed by atoms with Crippen LogP contribution in [-0.4, -0.2) is 47.4 Å². The first-order valence-corrected chi connectivity index (χ1v) is 4.62. The number of fused-ring (bicyclic) bond motifs is 1. The molecule has 2 atom stereocenters.